The number of carbonyl (C=O) groups excluding carboxylic acids is 3. The average Bonchev–Trinajstić information content (AvgIpc) is 3.38. The van der Waals surface area contributed by atoms with Crippen molar-refractivity contribution in [1.82, 2.24) is 20.9 Å². The molecule has 0 bridgehead atoms. The van der Waals surface area contributed by atoms with Crippen molar-refractivity contribution in [2.45, 2.75) is 36.4 Å². The van der Waals surface area contributed by atoms with Gasteiger partial charge in [0.05, 0.1) is 17.1 Å². The summed E-state index contributed by atoms with van der Waals surface area (Å²) < 4.78 is 39.8. The first kappa shape index (κ1) is 20.9. The van der Waals surface area contributed by atoms with E-state index < -0.39 is 45.6 Å². The zero-order valence-electron chi connectivity index (χ0n) is 16.2. The molecule has 2 heterocycles. The second-order valence-electron chi connectivity index (χ2n) is 8.44. The molecular weight excluding hydrogens is 422 g/mol. The summed E-state index contributed by atoms with van der Waals surface area (Å²) in [6, 6.07) is 1.08. The molecule has 158 valence electrons. The quantitative estimate of drug-likeness (QED) is 0.465. The largest absolute Gasteiger partial charge is 0.417 e. The summed E-state index contributed by atoms with van der Waals surface area (Å²) in [7, 11) is 3.29. The Bertz CT molecular complexity index is 970. The molecule has 1 aromatic carbocycles. The molecular formula is C17H18B2ClF3N4O3. The third-order valence-electron chi connectivity index (χ3n) is 6.17. The maximum atomic E-state index is 13.3. The molecule has 0 radical (unpaired) electrons. The Morgan fingerprint density at radius 2 is 1.97 bits per heavy atom. The third-order valence-corrected chi connectivity index (χ3v) is 6.48. The molecule has 5 amide bonds. The van der Waals surface area contributed by atoms with Gasteiger partial charge in [-0.15, -0.1) is 0 Å². The number of carbonyl (C=O) groups is 3. The number of alkyl halides is 3. The molecule has 0 spiro atoms. The first-order chi connectivity index (χ1) is 13.9. The fourth-order valence-corrected chi connectivity index (χ4v) is 4.61. The second-order valence-corrected chi connectivity index (χ2v) is 8.85. The fourth-order valence-electron chi connectivity index (χ4n) is 4.32. The van der Waals surface area contributed by atoms with E-state index in [1.165, 1.54) is 11.0 Å². The summed E-state index contributed by atoms with van der Waals surface area (Å²) in [5.74, 6) is -0.554. The molecule has 7 nitrogen and oxygen atoms in total. The van der Waals surface area contributed by atoms with E-state index in [4.69, 9.17) is 11.6 Å². The lowest BCUT2D eigenvalue weighted by Crippen LogP contribution is -2.59. The molecule has 3 N–H and O–H groups in total. The van der Waals surface area contributed by atoms with Crippen molar-refractivity contribution < 1.29 is 27.6 Å². The van der Waals surface area contributed by atoms with E-state index in [9.17, 15) is 27.6 Å². The minimum absolute atomic E-state index is 0.0683. The highest BCUT2D eigenvalue weighted by Gasteiger charge is 2.56. The molecule has 30 heavy (non-hydrogen) atoms. The molecule has 0 unspecified atom stereocenters. The van der Waals surface area contributed by atoms with Crippen LogP contribution in [0.2, 0.25) is 5.02 Å². The number of fused-ring (bicyclic) bond motifs is 1. The van der Waals surface area contributed by atoms with E-state index in [0.29, 0.717) is 11.1 Å². The minimum atomic E-state index is -4.61. The number of hydrogen-bond acceptors (Lipinski definition) is 3. The van der Waals surface area contributed by atoms with Gasteiger partial charge in [-0.05, 0) is 42.0 Å². The van der Waals surface area contributed by atoms with Crippen molar-refractivity contribution in [3.05, 3.63) is 33.8 Å². The fraction of sp³-hybridized carbons (Fsp3) is 0.471. The van der Waals surface area contributed by atoms with Crippen LogP contribution in [0.1, 0.15) is 29.5 Å². The van der Waals surface area contributed by atoms with Gasteiger partial charge >= 0.3 is 18.2 Å². The highest BCUT2D eigenvalue weighted by atomic mass is 35.5. The van der Waals surface area contributed by atoms with Crippen LogP contribution in [-0.2, 0) is 22.9 Å². The summed E-state index contributed by atoms with van der Waals surface area (Å²) >= 11 is 5.83. The summed E-state index contributed by atoms with van der Waals surface area (Å²) in [5, 5.41) is 6.06. The predicted molar refractivity (Wildman–Crippen MR) is 106 cm³/mol. The molecule has 1 aromatic rings. The van der Waals surface area contributed by atoms with Gasteiger partial charge in [0.15, 0.2) is 0 Å². The number of urea groups is 2. The van der Waals surface area contributed by atoms with E-state index >= 15 is 0 Å². The van der Waals surface area contributed by atoms with Gasteiger partial charge in [-0.3, -0.25) is 10.1 Å². The van der Waals surface area contributed by atoms with Crippen LogP contribution in [0.3, 0.4) is 0 Å². The lowest BCUT2D eigenvalue weighted by Gasteiger charge is -2.35. The normalized spacial score (nSPS) is 25.0. The molecule has 13 heteroatoms. The van der Waals surface area contributed by atoms with E-state index in [1.807, 2.05) is 0 Å². The number of benzene rings is 1. The molecule has 1 atom stereocenters. The molecule has 2 aliphatic heterocycles. The van der Waals surface area contributed by atoms with Crippen molar-refractivity contribution in [3.8, 4) is 0 Å². The number of amides is 5. The number of nitrogens with one attached hydrogen (secondary N) is 3. The second kappa shape index (κ2) is 6.57. The smallest absolute Gasteiger partial charge is 0.335 e. The predicted octanol–water partition coefficient (Wildman–Crippen LogP) is 0.249. The molecule has 4 rings (SSSR count). The van der Waals surface area contributed by atoms with Gasteiger partial charge in [0.2, 0.25) is 0 Å². The van der Waals surface area contributed by atoms with Crippen molar-refractivity contribution in [1.29, 1.82) is 0 Å². The number of hydrogen-bond donors (Lipinski definition) is 3. The Balaban J connectivity index is 1.55. The van der Waals surface area contributed by atoms with Gasteiger partial charge in [0, 0.05) is 11.9 Å². The van der Waals surface area contributed by atoms with Crippen molar-refractivity contribution in [2.75, 3.05) is 6.54 Å². The Kier molecular flexibility index (Phi) is 4.57. The van der Waals surface area contributed by atoms with Gasteiger partial charge < -0.3 is 15.5 Å². The van der Waals surface area contributed by atoms with E-state index in [2.05, 4.69) is 16.0 Å². The lowest BCUT2D eigenvalue weighted by atomic mass is 9.58. The third kappa shape index (κ3) is 3.21. The summed E-state index contributed by atoms with van der Waals surface area (Å²) in [6.45, 7) is -0.0352. The van der Waals surface area contributed by atoms with E-state index in [-0.39, 0.29) is 19.0 Å². The summed E-state index contributed by atoms with van der Waals surface area (Å²) in [6.07, 6.45) is -3.10. The minimum Gasteiger partial charge on any atom is -0.335 e. The molecule has 1 saturated heterocycles. The van der Waals surface area contributed by atoms with E-state index in [0.717, 1.165) is 18.9 Å². The zero-order valence-corrected chi connectivity index (χ0v) is 17.0. The van der Waals surface area contributed by atoms with Crippen LogP contribution in [0.25, 0.3) is 0 Å². The number of rotatable bonds is 3. The van der Waals surface area contributed by atoms with Crippen molar-refractivity contribution >= 4 is 45.3 Å². The topological polar surface area (TPSA) is 90.5 Å². The number of halogens is 4. The van der Waals surface area contributed by atoms with Gasteiger partial charge in [-0.25, -0.2) is 9.59 Å². The number of imide groups is 1. The molecule has 1 saturated carbocycles. The van der Waals surface area contributed by atoms with Crippen molar-refractivity contribution in [3.63, 3.8) is 0 Å². The molecule has 2 fully saturated rings. The Labute approximate surface area is 176 Å². The van der Waals surface area contributed by atoms with Crippen LogP contribution in [0.5, 0.6) is 0 Å². The van der Waals surface area contributed by atoms with Crippen LogP contribution in [0.4, 0.5) is 22.8 Å². The maximum Gasteiger partial charge on any atom is 0.417 e. The number of nitrogens with zero attached hydrogens (tertiary/aromatic N) is 1. The van der Waals surface area contributed by atoms with Crippen LogP contribution in [0, 0.1) is 5.92 Å². The van der Waals surface area contributed by atoms with Gasteiger partial charge in [0.1, 0.15) is 21.2 Å². The highest BCUT2D eigenvalue weighted by Crippen LogP contribution is 2.43. The standard InChI is InChI=1S/C17H18B2ClF3N4O3/c18-16(19)9-4-10(17(21,22)23)11(20)3-7(9)5-27(16)14(30)24-6-15(8-1-2-8)12(28)25-13(29)26-15/h3-4,8H,1-2,5-6,18-19H2,(H,24,30)(H2,25,26,28,29)/t15-/m0/s1. The molecule has 0 aromatic heterocycles. The first-order valence-electron chi connectivity index (χ1n) is 9.45. The van der Waals surface area contributed by atoms with Crippen LogP contribution in [-0.4, -0.2) is 50.6 Å². The molecule has 3 aliphatic rings. The van der Waals surface area contributed by atoms with Crippen LogP contribution < -0.4 is 16.0 Å². The van der Waals surface area contributed by atoms with Gasteiger partial charge in [-0.1, -0.05) is 11.6 Å². The van der Waals surface area contributed by atoms with E-state index in [1.54, 1.807) is 15.7 Å². The average molecular weight is 440 g/mol. The zero-order chi connectivity index (χ0) is 22.1. The lowest BCUT2D eigenvalue weighted by molar-refractivity contribution is -0.137. The SMILES string of the molecule is BC1(B)c2cc(C(F)(F)F)c(Cl)cc2CN1C(=O)NC[C@@]1(C2CC2)NC(=O)NC1=O. The molecule has 1 aliphatic carbocycles. The summed E-state index contributed by atoms with van der Waals surface area (Å²) in [4.78, 5) is 38.3. The highest BCUT2D eigenvalue weighted by molar-refractivity contribution is 6.41. The first-order valence-corrected chi connectivity index (χ1v) is 9.83. The van der Waals surface area contributed by atoms with Crippen LogP contribution >= 0.6 is 11.6 Å². The van der Waals surface area contributed by atoms with Crippen LogP contribution in [0.15, 0.2) is 12.1 Å². The summed E-state index contributed by atoms with van der Waals surface area (Å²) in [5.41, 5.74) is -1.26. The Hall–Kier alpha value is -2.36. The van der Waals surface area contributed by atoms with Gasteiger partial charge in [0.25, 0.3) is 5.91 Å². The van der Waals surface area contributed by atoms with Crippen molar-refractivity contribution in [2.24, 2.45) is 5.92 Å². The van der Waals surface area contributed by atoms with Gasteiger partial charge in [-0.2, -0.15) is 13.2 Å². The monoisotopic (exact) mass is 440 g/mol. The maximum absolute atomic E-state index is 13.3. The Morgan fingerprint density at radius 3 is 2.50 bits per heavy atom. The Morgan fingerprint density at radius 1 is 1.30 bits per heavy atom.